The fourth-order valence-corrected chi connectivity index (χ4v) is 1.82. The lowest BCUT2D eigenvalue weighted by molar-refractivity contribution is 0.250. The van der Waals surface area contributed by atoms with Gasteiger partial charge in [0, 0.05) is 23.0 Å². The average Bonchev–Trinajstić information content (AvgIpc) is 2.88. The van der Waals surface area contributed by atoms with Gasteiger partial charge in [0.05, 0.1) is 0 Å². The van der Waals surface area contributed by atoms with Gasteiger partial charge in [-0.15, -0.1) is 0 Å². The number of aromatic nitrogens is 2. The third-order valence-electron chi connectivity index (χ3n) is 2.59. The highest BCUT2D eigenvalue weighted by atomic mass is 35.5. The van der Waals surface area contributed by atoms with E-state index in [1.165, 1.54) is 0 Å². The summed E-state index contributed by atoms with van der Waals surface area (Å²) in [5.41, 5.74) is 0.685. The number of benzene rings is 1. The molecule has 1 fully saturated rings. The number of nitrogens with zero attached hydrogens (tertiary/aromatic N) is 2. The Kier molecular flexibility index (Phi) is 1.84. The first-order chi connectivity index (χ1) is 7.31. The highest BCUT2D eigenvalue weighted by Crippen LogP contribution is 2.39. The Labute approximate surface area is 92.2 Å². The van der Waals surface area contributed by atoms with Gasteiger partial charge < -0.3 is 4.74 Å². The smallest absolute Gasteiger partial charge is 0.210 e. The third-order valence-corrected chi connectivity index (χ3v) is 2.84. The monoisotopic (exact) mass is 220 g/mol. The quantitative estimate of drug-likeness (QED) is 0.727. The summed E-state index contributed by atoms with van der Waals surface area (Å²) in [5.74, 6) is 0. The van der Waals surface area contributed by atoms with E-state index in [4.69, 9.17) is 16.3 Å². The van der Waals surface area contributed by atoms with Gasteiger partial charge in [-0.3, -0.25) is 0 Å². The summed E-state index contributed by atoms with van der Waals surface area (Å²) in [5, 5.41) is 4.94. The largest absolute Gasteiger partial charge is 0.342 e. The van der Waals surface area contributed by atoms with Crippen LogP contribution in [0, 0.1) is 0 Å². The first-order valence-corrected chi connectivity index (χ1v) is 5.09. The molecule has 2 aromatic rings. The van der Waals surface area contributed by atoms with E-state index in [0.717, 1.165) is 10.6 Å². The van der Waals surface area contributed by atoms with E-state index in [0.29, 0.717) is 6.61 Å². The van der Waals surface area contributed by atoms with Gasteiger partial charge in [0.15, 0.2) is 0 Å². The molecule has 0 aliphatic carbocycles. The van der Waals surface area contributed by atoms with Crippen LogP contribution in [-0.2, 0) is 10.5 Å². The molecule has 2 heterocycles. The minimum atomic E-state index is -0.395. The number of ether oxygens (including phenoxy) is 1. The van der Waals surface area contributed by atoms with Crippen LogP contribution >= 0.6 is 11.6 Å². The van der Waals surface area contributed by atoms with Gasteiger partial charge in [-0.25, -0.2) is 4.68 Å². The van der Waals surface area contributed by atoms with E-state index >= 15 is 0 Å². The van der Waals surface area contributed by atoms with Crippen LogP contribution < -0.4 is 0 Å². The third kappa shape index (κ3) is 1.35. The Morgan fingerprint density at radius 2 is 2.07 bits per heavy atom. The lowest BCUT2D eigenvalue weighted by Gasteiger charge is -2.12. The first kappa shape index (κ1) is 8.95. The topological polar surface area (TPSA) is 30.4 Å². The van der Waals surface area contributed by atoms with E-state index in [1.54, 1.807) is 6.20 Å². The average molecular weight is 221 g/mol. The molecule has 76 valence electrons. The molecule has 0 saturated carbocycles. The molecule has 3 nitrogen and oxygen atoms in total. The maximum Gasteiger partial charge on any atom is 0.210 e. The van der Waals surface area contributed by atoms with E-state index in [1.807, 2.05) is 41.2 Å². The molecule has 0 spiro atoms. The summed E-state index contributed by atoms with van der Waals surface area (Å²) in [6.45, 7) is 0.663. The van der Waals surface area contributed by atoms with Crippen LogP contribution in [0.25, 0.3) is 0 Å². The summed E-state index contributed by atoms with van der Waals surface area (Å²) in [6.07, 6.45) is 3.65. The van der Waals surface area contributed by atoms with Gasteiger partial charge in [-0.1, -0.05) is 23.7 Å². The van der Waals surface area contributed by atoms with Crippen LogP contribution in [0.1, 0.15) is 5.56 Å². The second-order valence-electron chi connectivity index (χ2n) is 3.53. The van der Waals surface area contributed by atoms with Crippen molar-refractivity contribution in [2.75, 3.05) is 6.61 Å². The number of epoxide rings is 1. The van der Waals surface area contributed by atoms with Crippen molar-refractivity contribution in [3.8, 4) is 0 Å². The maximum absolute atomic E-state index is 5.84. The van der Waals surface area contributed by atoms with Gasteiger partial charge in [0.2, 0.25) is 5.72 Å². The molecule has 0 radical (unpaired) electrons. The van der Waals surface area contributed by atoms with Crippen molar-refractivity contribution in [2.24, 2.45) is 0 Å². The van der Waals surface area contributed by atoms with Crippen LogP contribution in [0.15, 0.2) is 42.7 Å². The maximum atomic E-state index is 5.84. The zero-order chi connectivity index (χ0) is 10.3. The SMILES string of the molecule is Clc1ccc(C2(n3cccn3)CO2)cc1. The Bertz CT molecular complexity index is 460. The van der Waals surface area contributed by atoms with Crippen molar-refractivity contribution in [3.05, 3.63) is 53.3 Å². The van der Waals surface area contributed by atoms with Crippen LogP contribution in [0.3, 0.4) is 0 Å². The van der Waals surface area contributed by atoms with Crippen molar-refractivity contribution >= 4 is 11.6 Å². The molecule has 3 rings (SSSR count). The summed E-state index contributed by atoms with van der Waals surface area (Å²) >= 11 is 5.84. The highest BCUT2D eigenvalue weighted by Gasteiger charge is 2.49. The minimum Gasteiger partial charge on any atom is -0.342 e. The molecule has 0 amide bonds. The zero-order valence-electron chi connectivity index (χ0n) is 7.93. The van der Waals surface area contributed by atoms with Crippen molar-refractivity contribution in [1.82, 2.24) is 9.78 Å². The van der Waals surface area contributed by atoms with Crippen molar-refractivity contribution in [1.29, 1.82) is 0 Å². The minimum absolute atomic E-state index is 0.395. The Hall–Kier alpha value is -1.32. The van der Waals surface area contributed by atoms with Gasteiger partial charge in [0.25, 0.3) is 0 Å². The molecule has 0 bridgehead atoms. The summed E-state index contributed by atoms with van der Waals surface area (Å²) in [4.78, 5) is 0. The summed E-state index contributed by atoms with van der Waals surface area (Å²) < 4.78 is 7.35. The zero-order valence-corrected chi connectivity index (χ0v) is 8.69. The lowest BCUT2D eigenvalue weighted by atomic mass is 10.1. The van der Waals surface area contributed by atoms with Crippen LogP contribution in [0.2, 0.25) is 5.02 Å². The first-order valence-electron chi connectivity index (χ1n) is 4.71. The molecular formula is C11H9ClN2O. The molecule has 1 atom stereocenters. The van der Waals surface area contributed by atoms with Gasteiger partial charge in [-0.2, -0.15) is 5.10 Å². The molecule has 1 aromatic carbocycles. The van der Waals surface area contributed by atoms with Gasteiger partial charge in [-0.05, 0) is 18.2 Å². The Morgan fingerprint density at radius 3 is 2.60 bits per heavy atom. The normalized spacial score (nSPS) is 24.1. The molecule has 1 aromatic heterocycles. The summed E-state index contributed by atoms with van der Waals surface area (Å²) in [7, 11) is 0. The lowest BCUT2D eigenvalue weighted by Crippen LogP contribution is -2.20. The molecule has 1 aliphatic rings. The standard InChI is InChI=1S/C11H9ClN2O/c12-10-4-2-9(3-5-10)11(8-15-11)14-7-1-6-13-14/h1-7H,8H2. The van der Waals surface area contributed by atoms with E-state index < -0.39 is 5.72 Å². The predicted octanol–water partition coefficient (Wildman–Crippen LogP) is 2.27. The second-order valence-corrected chi connectivity index (χ2v) is 3.97. The number of halogens is 1. The molecule has 1 aliphatic heterocycles. The molecule has 1 unspecified atom stereocenters. The summed E-state index contributed by atoms with van der Waals surface area (Å²) in [6, 6.07) is 9.56. The van der Waals surface area contributed by atoms with Gasteiger partial charge >= 0.3 is 0 Å². The molecule has 1 saturated heterocycles. The number of rotatable bonds is 2. The Balaban J connectivity index is 2.04. The van der Waals surface area contributed by atoms with Crippen molar-refractivity contribution in [3.63, 3.8) is 0 Å². The second kappa shape index (κ2) is 3.08. The van der Waals surface area contributed by atoms with Gasteiger partial charge in [0.1, 0.15) is 6.61 Å². The fraction of sp³-hybridized carbons (Fsp3) is 0.182. The predicted molar refractivity (Wildman–Crippen MR) is 56.7 cm³/mol. The van der Waals surface area contributed by atoms with E-state index in [9.17, 15) is 0 Å². The molecule has 0 N–H and O–H groups in total. The van der Waals surface area contributed by atoms with Crippen LogP contribution in [0.5, 0.6) is 0 Å². The number of hydrogen-bond acceptors (Lipinski definition) is 2. The van der Waals surface area contributed by atoms with Crippen LogP contribution in [0.4, 0.5) is 0 Å². The van der Waals surface area contributed by atoms with E-state index in [2.05, 4.69) is 5.10 Å². The van der Waals surface area contributed by atoms with Crippen molar-refractivity contribution in [2.45, 2.75) is 5.72 Å². The molecular weight excluding hydrogens is 212 g/mol. The molecule has 4 heteroatoms. The Morgan fingerprint density at radius 1 is 1.33 bits per heavy atom. The number of hydrogen-bond donors (Lipinski definition) is 0. The molecule has 15 heavy (non-hydrogen) atoms. The van der Waals surface area contributed by atoms with E-state index in [-0.39, 0.29) is 0 Å². The van der Waals surface area contributed by atoms with Crippen molar-refractivity contribution < 1.29 is 4.74 Å². The highest BCUT2D eigenvalue weighted by molar-refractivity contribution is 6.30. The fourth-order valence-electron chi connectivity index (χ4n) is 1.69. The van der Waals surface area contributed by atoms with Crippen LogP contribution in [-0.4, -0.2) is 16.4 Å².